The van der Waals surface area contributed by atoms with E-state index in [-0.39, 0.29) is 29.8 Å². The van der Waals surface area contributed by atoms with E-state index in [1.54, 1.807) is 38.1 Å². The molecule has 34 heavy (non-hydrogen) atoms. The van der Waals surface area contributed by atoms with Crippen LogP contribution in [-0.4, -0.2) is 77.5 Å². The largest absolute Gasteiger partial charge is 0.459 e. The van der Waals surface area contributed by atoms with E-state index in [9.17, 15) is 9.59 Å². The highest BCUT2D eigenvalue weighted by Gasteiger charge is 2.25. The zero-order valence-corrected chi connectivity index (χ0v) is 20.4. The van der Waals surface area contributed by atoms with Crippen molar-refractivity contribution in [2.24, 2.45) is 0 Å². The van der Waals surface area contributed by atoms with Crippen molar-refractivity contribution in [3.05, 3.63) is 29.8 Å². The smallest absolute Gasteiger partial charge is 0.338 e. The first-order chi connectivity index (χ1) is 16.5. The van der Waals surface area contributed by atoms with Crippen LogP contribution >= 0.6 is 11.8 Å². The van der Waals surface area contributed by atoms with Gasteiger partial charge in [0.2, 0.25) is 11.9 Å². The summed E-state index contributed by atoms with van der Waals surface area (Å²) in [6.45, 7) is 7.88. The third-order valence-corrected chi connectivity index (χ3v) is 6.45. The van der Waals surface area contributed by atoms with Gasteiger partial charge in [0, 0.05) is 25.4 Å². The molecule has 0 aliphatic carbocycles. The van der Waals surface area contributed by atoms with E-state index in [1.807, 2.05) is 0 Å². The minimum Gasteiger partial charge on any atom is -0.459 e. The van der Waals surface area contributed by atoms with Gasteiger partial charge in [0.25, 0.3) is 0 Å². The number of morpholine rings is 1. The molecule has 0 bridgehead atoms. The van der Waals surface area contributed by atoms with E-state index in [2.05, 4.69) is 25.0 Å². The maximum Gasteiger partial charge on any atom is 0.338 e. The molecule has 0 spiro atoms. The predicted molar refractivity (Wildman–Crippen MR) is 128 cm³/mol. The number of thioether (sulfide) groups is 1. The number of nitrogens with one attached hydrogen (secondary N) is 1. The minimum absolute atomic E-state index is 0.130. The third kappa shape index (κ3) is 6.49. The SMILES string of the molecule is CC(C)OC(=O)c1ccc(NC(=O)CSc2nnc(N3CCOCC3)n2CC2CCCO2)cc1. The molecule has 0 radical (unpaired) electrons. The van der Waals surface area contributed by atoms with Crippen molar-refractivity contribution < 1.29 is 23.8 Å². The highest BCUT2D eigenvalue weighted by Crippen LogP contribution is 2.26. The zero-order chi connectivity index (χ0) is 23.9. The van der Waals surface area contributed by atoms with Crippen molar-refractivity contribution in [2.75, 3.05) is 48.9 Å². The molecule has 11 heteroatoms. The first-order valence-electron chi connectivity index (χ1n) is 11.6. The molecule has 2 aliphatic rings. The van der Waals surface area contributed by atoms with E-state index < -0.39 is 0 Å². The fourth-order valence-corrected chi connectivity index (χ4v) is 4.58. The Labute approximate surface area is 203 Å². The van der Waals surface area contributed by atoms with Crippen molar-refractivity contribution in [1.29, 1.82) is 0 Å². The van der Waals surface area contributed by atoms with Crippen LogP contribution in [0.1, 0.15) is 37.0 Å². The van der Waals surface area contributed by atoms with Gasteiger partial charge in [-0.3, -0.25) is 9.36 Å². The lowest BCUT2D eigenvalue weighted by Crippen LogP contribution is -2.38. The first kappa shape index (κ1) is 24.5. The highest BCUT2D eigenvalue weighted by molar-refractivity contribution is 7.99. The molecule has 2 fully saturated rings. The number of hydrogen-bond donors (Lipinski definition) is 1. The Morgan fingerprint density at radius 3 is 2.62 bits per heavy atom. The van der Waals surface area contributed by atoms with E-state index in [0.717, 1.165) is 38.5 Å². The van der Waals surface area contributed by atoms with Crippen molar-refractivity contribution in [3.8, 4) is 0 Å². The summed E-state index contributed by atoms with van der Waals surface area (Å²) in [5, 5.41) is 12.3. The normalized spacial score (nSPS) is 18.3. The number of anilines is 2. The molecule has 184 valence electrons. The summed E-state index contributed by atoms with van der Waals surface area (Å²) >= 11 is 1.35. The molecule has 2 aliphatic heterocycles. The summed E-state index contributed by atoms with van der Waals surface area (Å²) in [4.78, 5) is 26.7. The summed E-state index contributed by atoms with van der Waals surface area (Å²) in [7, 11) is 0. The summed E-state index contributed by atoms with van der Waals surface area (Å²) < 4.78 is 18.6. The maximum absolute atomic E-state index is 12.6. The van der Waals surface area contributed by atoms with E-state index >= 15 is 0 Å². The molecule has 1 N–H and O–H groups in total. The van der Waals surface area contributed by atoms with Gasteiger partial charge in [-0.25, -0.2) is 4.79 Å². The van der Waals surface area contributed by atoms with Gasteiger partial charge in [0.1, 0.15) is 0 Å². The van der Waals surface area contributed by atoms with E-state index in [4.69, 9.17) is 14.2 Å². The van der Waals surface area contributed by atoms with Gasteiger partial charge in [-0.05, 0) is 51.0 Å². The summed E-state index contributed by atoms with van der Waals surface area (Å²) in [5.41, 5.74) is 1.06. The molecule has 2 saturated heterocycles. The second kappa shape index (κ2) is 11.7. The van der Waals surface area contributed by atoms with Gasteiger partial charge in [-0.15, -0.1) is 10.2 Å². The summed E-state index contributed by atoms with van der Waals surface area (Å²) in [6.07, 6.45) is 2.00. The van der Waals surface area contributed by atoms with Crippen LogP contribution in [0.25, 0.3) is 0 Å². The van der Waals surface area contributed by atoms with Gasteiger partial charge in [0.05, 0.1) is 43.3 Å². The number of rotatable bonds is 9. The Hall–Kier alpha value is -2.63. The molecular formula is C23H31N5O5S. The second-order valence-electron chi connectivity index (χ2n) is 8.50. The van der Waals surface area contributed by atoms with Crippen LogP contribution < -0.4 is 10.2 Å². The van der Waals surface area contributed by atoms with Gasteiger partial charge in [-0.1, -0.05) is 11.8 Å². The quantitative estimate of drug-likeness (QED) is 0.420. The molecule has 3 heterocycles. The maximum atomic E-state index is 12.6. The highest BCUT2D eigenvalue weighted by atomic mass is 32.2. The molecule has 1 amide bonds. The fourth-order valence-electron chi connectivity index (χ4n) is 3.84. The summed E-state index contributed by atoms with van der Waals surface area (Å²) in [5.74, 6) is 0.432. The molecule has 2 aromatic rings. The summed E-state index contributed by atoms with van der Waals surface area (Å²) in [6, 6.07) is 6.66. The van der Waals surface area contributed by atoms with E-state index in [1.165, 1.54) is 11.8 Å². The Balaban J connectivity index is 1.37. The van der Waals surface area contributed by atoms with Crippen LogP contribution in [-0.2, 0) is 25.5 Å². The van der Waals surface area contributed by atoms with E-state index in [0.29, 0.717) is 36.2 Å². The Bertz CT molecular complexity index is 969. The number of esters is 1. The van der Waals surface area contributed by atoms with Crippen LogP contribution in [0.5, 0.6) is 0 Å². The average molecular weight is 490 g/mol. The van der Waals surface area contributed by atoms with Crippen LogP contribution in [0.3, 0.4) is 0 Å². The predicted octanol–water partition coefficient (Wildman–Crippen LogP) is 2.59. The van der Waals surface area contributed by atoms with Crippen molar-refractivity contribution in [1.82, 2.24) is 14.8 Å². The number of carbonyl (C=O) groups is 2. The molecule has 1 aromatic carbocycles. The number of nitrogens with zero attached hydrogens (tertiary/aromatic N) is 4. The molecule has 0 saturated carbocycles. The monoisotopic (exact) mass is 489 g/mol. The van der Waals surface area contributed by atoms with Crippen molar-refractivity contribution in [2.45, 2.75) is 50.6 Å². The Kier molecular flexibility index (Phi) is 8.41. The fraction of sp³-hybridized carbons (Fsp3) is 0.565. The van der Waals surface area contributed by atoms with Crippen LogP contribution in [0, 0.1) is 0 Å². The van der Waals surface area contributed by atoms with Crippen LogP contribution in [0.15, 0.2) is 29.4 Å². The average Bonchev–Trinajstić information content (AvgIpc) is 3.49. The number of benzene rings is 1. The van der Waals surface area contributed by atoms with Crippen LogP contribution in [0.2, 0.25) is 0 Å². The third-order valence-electron chi connectivity index (χ3n) is 5.48. The molecular weight excluding hydrogens is 458 g/mol. The second-order valence-corrected chi connectivity index (χ2v) is 9.44. The minimum atomic E-state index is -0.384. The van der Waals surface area contributed by atoms with Gasteiger partial charge in [0.15, 0.2) is 5.16 Å². The number of aromatic nitrogens is 3. The number of amides is 1. The lowest BCUT2D eigenvalue weighted by Gasteiger charge is -2.28. The first-order valence-corrected chi connectivity index (χ1v) is 12.6. The van der Waals surface area contributed by atoms with Gasteiger partial charge in [-0.2, -0.15) is 0 Å². The van der Waals surface area contributed by atoms with Crippen molar-refractivity contribution in [3.63, 3.8) is 0 Å². The Morgan fingerprint density at radius 2 is 1.94 bits per heavy atom. The molecule has 1 aromatic heterocycles. The number of carbonyl (C=O) groups excluding carboxylic acids is 2. The lowest BCUT2D eigenvalue weighted by molar-refractivity contribution is -0.113. The molecule has 10 nitrogen and oxygen atoms in total. The Morgan fingerprint density at radius 1 is 1.18 bits per heavy atom. The zero-order valence-electron chi connectivity index (χ0n) is 19.6. The standard InChI is InChI=1S/C23H31N5O5S/c1-16(2)33-21(30)17-5-7-18(8-6-17)24-20(29)15-34-23-26-25-22(27-9-12-31-13-10-27)28(23)14-19-4-3-11-32-19/h5-8,16,19H,3-4,9-15H2,1-2H3,(H,24,29). The topological polar surface area (TPSA) is 108 Å². The number of ether oxygens (including phenoxy) is 3. The van der Waals surface area contributed by atoms with Gasteiger partial charge < -0.3 is 24.4 Å². The molecule has 1 atom stereocenters. The lowest BCUT2D eigenvalue weighted by atomic mass is 10.2. The molecule has 1 unspecified atom stereocenters. The van der Waals surface area contributed by atoms with Crippen molar-refractivity contribution >= 4 is 35.3 Å². The van der Waals surface area contributed by atoms with Crippen LogP contribution in [0.4, 0.5) is 11.6 Å². The molecule has 4 rings (SSSR count). The number of hydrogen-bond acceptors (Lipinski definition) is 9. The van der Waals surface area contributed by atoms with Gasteiger partial charge >= 0.3 is 5.97 Å².